The number of H-pyrrole nitrogens is 1. The number of hydrogen-bond donors (Lipinski definition) is 1. The molecule has 0 spiro atoms. The number of alkyl halides is 3. The number of aromatic nitrogens is 2. The average Bonchev–Trinajstić information content (AvgIpc) is 2.48. The van der Waals surface area contributed by atoms with Crippen LogP contribution in [0.3, 0.4) is 0 Å². The highest BCUT2D eigenvalue weighted by Crippen LogP contribution is 2.26. The molecule has 0 saturated heterocycles. The minimum absolute atomic E-state index is 0.435. The molecule has 1 atom stereocenters. The van der Waals surface area contributed by atoms with Crippen LogP contribution in [0.4, 0.5) is 13.2 Å². The molecule has 0 radical (unpaired) electrons. The second-order valence-corrected chi connectivity index (χ2v) is 3.38. The van der Waals surface area contributed by atoms with E-state index in [4.69, 9.17) is 5.26 Å². The number of nitriles is 1. The molecule has 0 aliphatic heterocycles. The van der Waals surface area contributed by atoms with Gasteiger partial charge < -0.3 is 0 Å². The van der Waals surface area contributed by atoms with E-state index in [0.717, 1.165) is 6.20 Å². The van der Waals surface area contributed by atoms with Crippen LogP contribution in [0.25, 0.3) is 0 Å². The average molecular weight is 209 g/mol. The van der Waals surface area contributed by atoms with Crippen LogP contribution in [0.5, 0.6) is 0 Å². The summed E-state index contributed by atoms with van der Waals surface area (Å²) in [5.74, 6) is 0. The molecule has 0 aliphatic rings. The molecule has 1 aromatic heterocycles. The molecule has 1 heterocycles. The maximum absolute atomic E-state index is 11.9. The minimum atomic E-state index is -4.87. The van der Waals surface area contributed by atoms with Crippen molar-refractivity contribution in [2.24, 2.45) is 0 Å². The van der Waals surface area contributed by atoms with E-state index in [2.05, 4.69) is 5.10 Å². The van der Waals surface area contributed by atoms with Crippen molar-refractivity contribution < 1.29 is 17.4 Å². The summed E-state index contributed by atoms with van der Waals surface area (Å²) in [6.07, 6.45) is 0.724. The zero-order valence-electron chi connectivity index (χ0n) is 5.92. The first-order valence-electron chi connectivity index (χ1n) is 2.89. The summed E-state index contributed by atoms with van der Waals surface area (Å²) in [6, 6.07) is 1.42. The summed E-state index contributed by atoms with van der Waals surface area (Å²) in [5, 5.41) is 13.5. The first kappa shape index (κ1) is 9.73. The Morgan fingerprint density at radius 3 is 2.69 bits per heavy atom. The maximum Gasteiger partial charge on any atom is 0.476 e. The van der Waals surface area contributed by atoms with Crippen LogP contribution in [0.1, 0.15) is 5.69 Å². The normalized spacial score (nSPS) is 13.7. The van der Waals surface area contributed by atoms with E-state index in [9.17, 15) is 17.4 Å². The van der Waals surface area contributed by atoms with Gasteiger partial charge in [-0.15, -0.1) is 0 Å². The Morgan fingerprint density at radius 2 is 2.23 bits per heavy atom. The number of halogens is 3. The third-order valence-electron chi connectivity index (χ3n) is 1.13. The second kappa shape index (κ2) is 3.18. The topological polar surface area (TPSA) is 69.5 Å². The van der Waals surface area contributed by atoms with Crippen LogP contribution >= 0.6 is 0 Å². The summed E-state index contributed by atoms with van der Waals surface area (Å²) >= 11 is 0. The smallest absolute Gasteiger partial charge is 0.267 e. The first-order valence-corrected chi connectivity index (χ1v) is 4.04. The van der Waals surface area contributed by atoms with Crippen molar-refractivity contribution in [3.63, 3.8) is 0 Å². The number of hydrogen-bond acceptors (Lipinski definition) is 3. The van der Waals surface area contributed by atoms with Crippen LogP contribution in [-0.2, 0) is 10.8 Å². The van der Waals surface area contributed by atoms with Crippen molar-refractivity contribution in [1.82, 2.24) is 10.2 Å². The Morgan fingerprint density at radius 1 is 1.62 bits per heavy atom. The van der Waals surface area contributed by atoms with Gasteiger partial charge >= 0.3 is 5.51 Å². The van der Waals surface area contributed by atoms with E-state index >= 15 is 0 Å². The van der Waals surface area contributed by atoms with Crippen molar-refractivity contribution in [1.29, 1.82) is 5.26 Å². The first-order chi connectivity index (χ1) is 5.96. The van der Waals surface area contributed by atoms with E-state index in [1.165, 1.54) is 6.07 Å². The highest BCUT2D eigenvalue weighted by atomic mass is 32.2. The molecule has 70 valence electrons. The van der Waals surface area contributed by atoms with Gasteiger partial charge in [0.2, 0.25) is 0 Å². The van der Waals surface area contributed by atoms with Gasteiger partial charge in [0.05, 0.1) is 6.20 Å². The van der Waals surface area contributed by atoms with Gasteiger partial charge in [0.1, 0.15) is 11.0 Å². The lowest BCUT2D eigenvalue weighted by Gasteiger charge is -2.02. The van der Waals surface area contributed by atoms with Gasteiger partial charge in [0, 0.05) is 0 Å². The SMILES string of the molecule is N#Cc1[nH]ncc1S(=O)C(F)(F)F. The van der Waals surface area contributed by atoms with Gasteiger partial charge in [-0.05, 0) is 0 Å². The van der Waals surface area contributed by atoms with Crippen molar-refractivity contribution in [3.05, 3.63) is 11.9 Å². The molecule has 0 fully saturated rings. The predicted octanol–water partition coefficient (Wildman–Crippen LogP) is 0.909. The maximum atomic E-state index is 11.9. The quantitative estimate of drug-likeness (QED) is 0.747. The van der Waals surface area contributed by atoms with Crippen LogP contribution < -0.4 is 0 Å². The van der Waals surface area contributed by atoms with Crippen molar-refractivity contribution >= 4 is 10.8 Å². The highest BCUT2D eigenvalue weighted by Gasteiger charge is 2.39. The second-order valence-electron chi connectivity index (χ2n) is 1.94. The lowest BCUT2D eigenvalue weighted by Crippen LogP contribution is -2.16. The third-order valence-corrected chi connectivity index (χ3v) is 2.26. The van der Waals surface area contributed by atoms with Crippen molar-refractivity contribution in [2.75, 3.05) is 0 Å². The minimum Gasteiger partial charge on any atom is -0.267 e. The molecular weight excluding hydrogens is 207 g/mol. The summed E-state index contributed by atoms with van der Waals surface area (Å²) in [5.41, 5.74) is -5.30. The largest absolute Gasteiger partial charge is 0.476 e. The van der Waals surface area contributed by atoms with Gasteiger partial charge in [-0.2, -0.15) is 23.5 Å². The van der Waals surface area contributed by atoms with Crippen LogP contribution in [-0.4, -0.2) is 19.9 Å². The molecule has 1 N–H and O–H groups in total. The molecule has 13 heavy (non-hydrogen) atoms. The third kappa shape index (κ3) is 1.86. The Balaban J connectivity index is 3.11. The number of nitrogens with zero attached hydrogens (tertiary/aromatic N) is 2. The van der Waals surface area contributed by atoms with Gasteiger partial charge in [-0.25, -0.2) is 4.21 Å². The van der Waals surface area contributed by atoms with E-state index in [0.29, 0.717) is 0 Å². The molecule has 1 unspecified atom stereocenters. The molecule has 1 aromatic rings. The fraction of sp³-hybridized carbons (Fsp3) is 0.200. The standard InChI is InChI=1S/C5H2F3N3OS/c6-5(7,8)13(12)4-2-10-11-3(4)1-9/h2H,(H,10,11). The Bertz CT molecular complexity index is 377. The zero-order valence-corrected chi connectivity index (χ0v) is 6.74. The van der Waals surface area contributed by atoms with Gasteiger partial charge in [-0.3, -0.25) is 5.10 Å². The molecule has 0 bridgehead atoms. The Labute approximate surface area is 72.8 Å². The lowest BCUT2D eigenvalue weighted by molar-refractivity contribution is -0.0384. The Kier molecular flexibility index (Phi) is 2.38. The summed E-state index contributed by atoms with van der Waals surface area (Å²) in [6.45, 7) is 0. The zero-order chi connectivity index (χ0) is 10.1. The van der Waals surface area contributed by atoms with E-state index in [1.807, 2.05) is 5.10 Å². The molecule has 0 saturated carbocycles. The fourth-order valence-electron chi connectivity index (χ4n) is 0.620. The molecule has 8 heteroatoms. The van der Waals surface area contributed by atoms with E-state index in [1.54, 1.807) is 0 Å². The van der Waals surface area contributed by atoms with Crippen LogP contribution in [0, 0.1) is 11.3 Å². The molecule has 0 aliphatic carbocycles. The number of rotatable bonds is 1. The number of aromatic amines is 1. The molecular formula is C5H2F3N3OS. The lowest BCUT2D eigenvalue weighted by atomic mass is 10.5. The van der Waals surface area contributed by atoms with E-state index in [-0.39, 0.29) is 0 Å². The summed E-state index contributed by atoms with van der Waals surface area (Å²) in [4.78, 5) is -0.644. The van der Waals surface area contributed by atoms with Crippen LogP contribution in [0.15, 0.2) is 11.1 Å². The fourth-order valence-corrected chi connectivity index (χ4v) is 1.29. The molecule has 0 amide bonds. The molecule has 0 aromatic carbocycles. The summed E-state index contributed by atoms with van der Waals surface area (Å²) in [7, 11) is -3.20. The number of nitrogens with one attached hydrogen (secondary N) is 1. The van der Waals surface area contributed by atoms with Gasteiger partial charge in [-0.1, -0.05) is 0 Å². The summed E-state index contributed by atoms with van der Waals surface area (Å²) < 4.78 is 46.3. The molecule has 4 nitrogen and oxygen atoms in total. The predicted molar refractivity (Wildman–Crippen MR) is 35.8 cm³/mol. The van der Waals surface area contributed by atoms with Gasteiger partial charge in [0.25, 0.3) is 0 Å². The van der Waals surface area contributed by atoms with Crippen LogP contribution in [0.2, 0.25) is 0 Å². The molecule has 1 rings (SSSR count). The van der Waals surface area contributed by atoms with Crippen molar-refractivity contribution in [3.8, 4) is 6.07 Å². The Hall–Kier alpha value is -1.36. The van der Waals surface area contributed by atoms with Gasteiger partial charge in [0.15, 0.2) is 16.5 Å². The highest BCUT2D eigenvalue weighted by molar-refractivity contribution is 7.86. The monoisotopic (exact) mass is 209 g/mol. The van der Waals surface area contributed by atoms with Crippen molar-refractivity contribution in [2.45, 2.75) is 10.4 Å². The van der Waals surface area contributed by atoms with E-state index < -0.39 is 26.9 Å².